The smallest absolute Gasteiger partial charge is 0.135 e. The Bertz CT molecular complexity index is 401. The third-order valence-corrected chi connectivity index (χ3v) is 3.81. The number of nitrogens with zero attached hydrogens (tertiary/aromatic N) is 4. The molecule has 1 fully saturated rings. The van der Waals surface area contributed by atoms with Crippen LogP contribution in [0.25, 0.3) is 0 Å². The van der Waals surface area contributed by atoms with Crippen LogP contribution in [0.5, 0.6) is 0 Å². The van der Waals surface area contributed by atoms with Crippen LogP contribution in [0.15, 0.2) is 0 Å². The number of rotatable bonds is 4. The first-order chi connectivity index (χ1) is 9.43. The molecule has 0 bridgehead atoms. The van der Waals surface area contributed by atoms with E-state index in [1.807, 2.05) is 0 Å². The van der Waals surface area contributed by atoms with Gasteiger partial charge in [0.15, 0.2) is 0 Å². The molecule has 2 aliphatic rings. The fourth-order valence-electron chi connectivity index (χ4n) is 2.71. The summed E-state index contributed by atoms with van der Waals surface area (Å²) in [6, 6.07) is 0. The molecular formula is C13H22N4O2. The van der Waals surface area contributed by atoms with E-state index in [9.17, 15) is 0 Å². The maximum absolute atomic E-state index is 5.48. The number of morpholine rings is 1. The van der Waals surface area contributed by atoms with E-state index >= 15 is 0 Å². The highest BCUT2D eigenvalue weighted by atomic mass is 16.5. The second kappa shape index (κ2) is 6.45. The van der Waals surface area contributed by atoms with Crippen LogP contribution >= 0.6 is 0 Å². The van der Waals surface area contributed by atoms with Crippen LogP contribution in [0.3, 0.4) is 0 Å². The molecule has 1 aromatic rings. The number of hydrogen-bond donors (Lipinski definition) is 0. The predicted molar refractivity (Wildman–Crippen MR) is 70.1 cm³/mol. The first kappa shape index (κ1) is 13.0. The molecular weight excluding hydrogens is 244 g/mol. The summed E-state index contributed by atoms with van der Waals surface area (Å²) in [5.74, 6) is 2.20. The molecule has 3 heterocycles. The summed E-state index contributed by atoms with van der Waals surface area (Å²) in [5.41, 5.74) is 0. The van der Waals surface area contributed by atoms with Gasteiger partial charge in [-0.05, 0) is 13.0 Å². The Morgan fingerprint density at radius 2 is 1.74 bits per heavy atom. The largest absolute Gasteiger partial charge is 0.379 e. The van der Waals surface area contributed by atoms with Crippen molar-refractivity contribution >= 4 is 0 Å². The van der Waals surface area contributed by atoms with Crippen LogP contribution < -0.4 is 0 Å². The molecule has 1 saturated heterocycles. The Labute approximate surface area is 113 Å². The molecule has 1 aromatic heterocycles. The number of aryl methyl sites for hydroxylation is 1. The lowest BCUT2D eigenvalue weighted by Crippen LogP contribution is -2.37. The van der Waals surface area contributed by atoms with Gasteiger partial charge in [0.25, 0.3) is 0 Å². The van der Waals surface area contributed by atoms with Crippen LogP contribution in [0.1, 0.15) is 18.1 Å². The molecule has 0 atom stereocenters. The molecule has 0 N–H and O–H groups in total. The average Bonchev–Trinajstić information content (AvgIpc) is 2.69. The lowest BCUT2D eigenvalue weighted by Gasteiger charge is -2.26. The zero-order valence-corrected chi connectivity index (χ0v) is 11.4. The van der Waals surface area contributed by atoms with Crippen molar-refractivity contribution in [1.82, 2.24) is 19.7 Å². The van der Waals surface area contributed by atoms with Gasteiger partial charge in [-0.2, -0.15) is 0 Å². The summed E-state index contributed by atoms with van der Waals surface area (Å²) < 4.78 is 13.1. The highest BCUT2D eigenvalue weighted by molar-refractivity contribution is 4.98. The highest BCUT2D eigenvalue weighted by Crippen LogP contribution is 2.10. The van der Waals surface area contributed by atoms with Crippen molar-refractivity contribution in [1.29, 1.82) is 0 Å². The van der Waals surface area contributed by atoms with Crippen molar-refractivity contribution in [2.45, 2.75) is 25.8 Å². The molecule has 2 aliphatic heterocycles. The summed E-state index contributed by atoms with van der Waals surface area (Å²) >= 11 is 0. The predicted octanol–water partition coefficient (Wildman–Crippen LogP) is 0.116. The molecule has 0 unspecified atom stereocenters. The fourth-order valence-corrected chi connectivity index (χ4v) is 2.71. The van der Waals surface area contributed by atoms with E-state index in [1.54, 1.807) is 0 Å². The molecule has 0 amide bonds. The maximum Gasteiger partial charge on any atom is 0.135 e. The Morgan fingerprint density at radius 1 is 0.947 bits per heavy atom. The molecule has 0 radical (unpaired) electrons. The zero-order valence-electron chi connectivity index (χ0n) is 11.4. The molecule has 3 rings (SSSR count). The molecule has 6 nitrogen and oxygen atoms in total. The molecule has 0 aliphatic carbocycles. The minimum atomic E-state index is 0.770. The summed E-state index contributed by atoms with van der Waals surface area (Å²) in [7, 11) is 0. The molecule has 0 spiro atoms. The number of hydrogen-bond acceptors (Lipinski definition) is 5. The van der Waals surface area contributed by atoms with Crippen molar-refractivity contribution in [3.63, 3.8) is 0 Å². The summed E-state index contributed by atoms with van der Waals surface area (Å²) in [4.78, 5) is 2.46. The molecule has 19 heavy (non-hydrogen) atoms. The average molecular weight is 266 g/mol. The second-order valence-corrected chi connectivity index (χ2v) is 5.10. The Balaban J connectivity index is 1.51. The van der Waals surface area contributed by atoms with Gasteiger partial charge < -0.3 is 14.0 Å². The molecule has 0 aromatic carbocycles. The van der Waals surface area contributed by atoms with E-state index in [2.05, 4.69) is 19.7 Å². The van der Waals surface area contributed by atoms with E-state index in [1.165, 1.54) is 0 Å². The van der Waals surface area contributed by atoms with Crippen molar-refractivity contribution < 1.29 is 9.47 Å². The Morgan fingerprint density at radius 3 is 2.63 bits per heavy atom. The molecule has 6 heteroatoms. The standard InChI is InChI=1S/C13H22N4O2/c1(4-16-5-9-19-10-6-16)2-12-14-15-13-3-8-18-11-7-17(12)13/h1-11H2. The Kier molecular flexibility index (Phi) is 4.42. The van der Waals surface area contributed by atoms with Gasteiger partial charge in [-0.3, -0.25) is 4.90 Å². The third kappa shape index (κ3) is 3.32. The zero-order chi connectivity index (χ0) is 12.9. The quantitative estimate of drug-likeness (QED) is 0.774. The third-order valence-electron chi connectivity index (χ3n) is 3.81. The van der Waals surface area contributed by atoms with Gasteiger partial charge in [0.2, 0.25) is 0 Å². The van der Waals surface area contributed by atoms with Crippen molar-refractivity contribution in [2.75, 3.05) is 46.1 Å². The second-order valence-electron chi connectivity index (χ2n) is 5.10. The van der Waals surface area contributed by atoms with Gasteiger partial charge in [-0.15, -0.1) is 10.2 Å². The van der Waals surface area contributed by atoms with Crippen LogP contribution in [0, 0.1) is 0 Å². The van der Waals surface area contributed by atoms with Gasteiger partial charge in [0.1, 0.15) is 11.6 Å². The first-order valence-electron chi connectivity index (χ1n) is 7.22. The SMILES string of the molecule is C(Cc1nnc2n1CCOCC2)CN1CCOCC1. The van der Waals surface area contributed by atoms with Crippen LogP contribution in [0.2, 0.25) is 0 Å². The molecule has 0 saturated carbocycles. The van der Waals surface area contributed by atoms with Gasteiger partial charge >= 0.3 is 0 Å². The number of aromatic nitrogens is 3. The summed E-state index contributed by atoms with van der Waals surface area (Å²) in [5, 5.41) is 8.62. The number of fused-ring (bicyclic) bond motifs is 1. The monoisotopic (exact) mass is 266 g/mol. The van der Waals surface area contributed by atoms with Gasteiger partial charge in [-0.25, -0.2) is 0 Å². The van der Waals surface area contributed by atoms with E-state index < -0.39 is 0 Å². The molecule has 106 valence electrons. The van der Waals surface area contributed by atoms with E-state index in [-0.39, 0.29) is 0 Å². The van der Waals surface area contributed by atoms with E-state index in [4.69, 9.17) is 9.47 Å². The van der Waals surface area contributed by atoms with Crippen LogP contribution in [0.4, 0.5) is 0 Å². The minimum absolute atomic E-state index is 0.770. The van der Waals surface area contributed by atoms with E-state index in [0.29, 0.717) is 0 Å². The van der Waals surface area contributed by atoms with Gasteiger partial charge in [0, 0.05) is 32.5 Å². The van der Waals surface area contributed by atoms with Crippen LogP contribution in [-0.2, 0) is 28.9 Å². The normalized spacial score (nSPS) is 21.1. The summed E-state index contributed by atoms with van der Waals surface area (Å²) in [6.07, 6.45) is 3.03. The summed E-state index contributed by atoms with van der Waals surface area (Å²) in [6.45, 7) is 7.44. The lowest BCUT2D eigenvalue weighted by molar-refractivity contribution is 0.0374. The van der Waals surface area contributed by atoms with Crippen molar-refractivity contribution in [2.24, 2.45) is 0 Å². The van der Waals surface area contributed by atoms with Crippen LogP contribution in [-0.4, -0.2) is 65.7 Å². The van der Waals surface area contributed by atoms with Crippen molar-refractivity contribution in [3.8, 4) is 0 Å². The van der Waals surface area contributed by atoms with E-state index in [0.717, 1.165) is 83.5 Å². The first-order valence-corrected chi connectivity index (χ1v) is 7.22. The minimum Gasteiger partial charge on any atom is -0.379 e. The lowest BCUT2D eigenvalue weighted by atomic mass is 10.2. The maximum atomic E-state index is 5.48. The van der Waals surface area contributed by atoms with Crippen molar-refractivity contribution in [3.05, 3.63) is 11.6 Å². The highest BCUT2D eigenvalue weighted by Gasteiger charge is 2.15. The topological polar surface area (TPSA) is 52.4 Å². The number of ether oxygens (including phenoxy) is 2. The van der Waals surface area contributed by atoms with Gasteiger partial charge in [-0.1, -0.05) is 0 Å². The fraction of sp³-hybridized carbons (Fsp3) is 0.846. The Hall–Kier alpha value is -0.980. The van der Waals surface area contributed by atoms with Gasteiger partial charge in [0.05, 0.1) is 26.4 Å².